The Hall–Kier alpha value is -1.94. The number of alkyl halides is 1. The molecule has 0 radical (unpaired) electrons. The van der Waals surface area contributed by atoms with Gasteiger partial charge in [0.15, 0.2) is 0 Å². The molecule has 4 heterocycles. The number of piperidine rings is 1. The summed E-state index contributed by atoms with van der Waals surface area (Å²) in [5, 5.41) is 11.0. The van der Waals surface area contributed by atoms with Gasteiger partial charge in [-0.3, -0.25) is 30.1 Å². The van der Waals surface area contributed by atoms with E-state index in [1.807, 2.05) is 0 Å². The molecule has 4 saturated heterocycles. The third kappa shape index (κ3) is 5.48. The van der Waals surface area contributed by atoms with Gasteiger partial charge in [-0.25, -0.2) is 5.43 Å². The van der Waals surface area contributed by atoms with E-state index < -0.39 is 0 Å². The Kier molecular flexibility index (Phi) is 7.83. The van der Waals surface area contributed by atoms with Crippen molar-refractivity contribution in [1.82, 2.24) is 26.4 Å². The lowest BCUT2D eigenvalue weighted by Crippen LogP contribution is -2.76. The van der Waals surface area contributed by atoms with Crippen molar-refractivity contribution in [3.05, 3.63) is 24.3 Å². The molecule has 1 aromatic carbocycles. The Morgan fingerprint density at radius 1 is 0.971 bits per heavy atom. The number of hydrogen-bond donors (Lipinski definition) is 5. The van der Waals surface area contributed by atoms with Crippen LogP contribution >= 0.6 is 0 Å². The molecule has 5 N–H and O–H groups in total. The molecular formula is C25H40FN7O. The first-order chi connectivity index (χ1) is 16.7. The van der Waals surface area contributed by atoms with Crippen molar-refractivity contribution < 1.29 is 9.18 Å². The van der Waals surface area contributed by atoms with Gasteiger partial charge in [-0.1, -0.05) is 12.8 Å². The Labute approximate surface area is 202 Å². The summed E-state index contributed by atoms with van der Waals surface area (Å²) in [6.45, 7) is 4.63. The quantitative estimate of drug-likeness (QED) is 0.432. The number of rotatable bonds is 6. The van der Waals surface area contributed by atoms with Crippen LogP contribution in [0, 0.1) is 11.8 Å². The second-order valence-corrected chi connectivity index (χ2v) is 10.3. The number of benzene rings is 1. The maximum absolute atomic E-state index is 12.8. The van der Waals surface area contributed by atoms with Crippen LogP contribution in [0.2, 0.25) is 0 Å². The summed E-state index contributed by atoms with van der Waals surface area (Å²) in [6.07, 6.45) is 7.73. The second-order valence-electron chi connectivity index (χ2n) is 10.3. The van der Waals surface area contributed by atoms with Gasteiger partial charge in [-0.2, -0.15) is 0 Å². The molecule has 4 aliphatic rings. The number of carbonyl (C=O) groups excluding carboxylic acids is 1. The minimum atomic E-state index is -0.210. The van der Waals surface area contributed by atoms with E-state index in [9.17, 15) is 9.18 Å². The molecule has 1 aromatic rings. The van der Waals surface area contributed by atoms with Gasteiger partial charge in [0.2, 0.25) is 5.91 Å². The summed E-state index contributed by atoms with van der Waals surface area (Å²) >= 11 is 0. The van der Waals surface area contributed by atoms with Gasteiger partial charge in [0.05, 0.1) is 18.8 Å². The molecule has 0 spiro atoms. The van der Waals surface area contributed by atoms with Gasteiger partial charge in [-0.15, -0.1) is 0 Å². The molecule has 0 aliphatic carbocycles. The van der Waals surface area contributed by atoms with Crippen LogP contribution in [0.4, 0.5) is 15.8 Å². The van der Waals surface area contributed by atoms with Crippen molar-refractivity contribution in [2.75, 3.05) is 49.6 Å². The predicted octanol–water partition coefficient (Wildman–Crippen LogP) is 1.97. The normalized spacial score (nSPS) is 31.4. The average molecular weight is 474 g/mol. The van der Waals surface area contributed by atoms with E-state index in [1.54, 1.807) is 0 Å². The largest absolute Gasteiger partial charge is 0.372 e. The first kappa shape index (κ1) is 23.8. The molecule has 34 heavy (non-hydrogen) atoms. The van der Waals surface area contributed by atoms with Gasteiger partial charge in [-0.05, 0) is 62.3 Å². The van der Waals surface area contributed by atoms with Gasteiger partial charge < -0.3 is 10.2 Å². The molecule has 0 aromatic heterocycles. The summed E-state index contributed by atoms with van der Waals surface area (Å²) in [7, 11) is 0. The minimum Gasteiger partial charge on any atom is -0.372 e. The first-order valence-electron chi connectivity index (χ1n) is 13.2. The van der Waals surface area contributed by atoms with Crippen molar-refractivity contribution in [3.8, 4) is 0 Å². The zero-order valence-electron chi connectivity index (χ0n) is 20.1. The number of nitrogens with one attached hydrogen (secondary N) is 5. The van der Waals surface area contributed by atoms with Crippen LogP contribution in [0.15, 0.2) is 24.3 Å². The molecule has 4 atom stereocenters. The van der Waals surface area contributed by atoms with Crippen molar-refractivity contribution in [2.45, 2.75) is 63.4 Å². The molecule has 0 bridgehead atoms. The van der Waals surface area contributed by atoms with E-state index >= 15 is 0 Å². The van der Waals surface area contributed by atoms with E-state index in [2.05, 4.69) is 60.9 Å². The van der Waals surface area contributed by atoms with Gasteiger partial charge in [0.25, 0.3) is 0 Å². The van der Waals surface area contributed by atoms with Crippen LogP contribution in [-0.4, -0.2) is 68.7 Å². The Balaban J connectivity index is 1.25. The molecule has 4 unspecified atom stereocenters. The Bertz CT molecular complexity index is 793. The maximum Gasteiger partial charge on any atom is 0.242 e. The molecule has 8 nitrogen and oxygen atoms in total. The fourth-order valence-electron chi connectivity index (χ4n) is 5.99. The van der Waals surface area contributed by atoms with E-state index in [4.69, 9.17) is 0 Å². The lowest BCUT2D eigenvalue weighted by molar-refractivity contribution is -0.132. The number of anilines is 2. The summed E-state index contributed by atoms with van der Waals surface area (Å²) in [5.41, 5.74) is 8.08. The third-order valence-corrected chi connectivity index (χ3v) is 8.03. The number of likely N-dealkylation sites (tertiary alicyclic amines) is 1. The van der Waals surface area contributed by atoms with Crippen molar-refractivity contribution >= 4 is 17.3 Å². The topological polar surface area (TPSA) is 83.7 Å². The number of nitrogens with zero attached hydrogens (tertiary/aromatic N) is 2. The van der Waals surface area contributed by atoms with E-state index in [-0.39, 0.29) is 37.0 Å². The van der Waals surface area contributed by atoms with Gasteiger partial charge >= 0.3 is 0 Å². The molecule has 4 aliphatic heterocycles. The van der Waals surface area contributed by atoms with Crippen molar-refractivity contribution in [3.63, 3.8) is 0 Å². The average Bonchev–Trinajstić information content (AvgIpc) is 3.15. The summed E-state index contributed by atoms with van der Waals surface area (Å²) < 4.78 is 12.6. The number of hydrogen-bond acceptors (Lipinski definition) is 7. The third-order valence-electron chi connectivity index (χ3n) is 8.03. The molecular weight excluding hydrogens is 433 g/mol. The number of carbonyl (C=O) groups is 1. The number of amides is 1. The van der Waals surface area contributed by atoms with Crippen LogP contribution in [0.3, 0.4) is 0 Å². The summed E-state index contributed by atoms with van der Waals surface area (Å²) in [4.78, 5) is 17.6. The van der Waals surface area contributed by atoms with Crippen LogP contribution in [0.5, 0.6) is 0 Å². The zero-order valence-corrected chi connectivity index (χ0v) is 20.1. The highest BCUT2D eigenvalue weighted by molar-refractivity contribution is 5.81. The van der Waals surface area contributed by atoms with Gasteiger partial charge in [0.1, 0.15) is 6.29 Å². The second kappa shape index (κ2) is 11.2. The van der Waals surface area contributed by atoms with Crippen molar-refractivity contribution in [1.29, 1.82) is 0 Å². The molecule has 1 amide bonds. The minimum absolute atomic E-state index is 0.0100. The standard InChI is InChI=1S/C25H40FN7O/c26-12-9-18-10-15-32(16-11-18)20-7-5-19(6-8-20)28-23-22-21(17-27-31-24(22)34)29-25(30-23)33-13-3-1-2-4-14-33/h5-8,18,21-23,25,27-30H,1-4,9-17H2,(H,31,34). The summed E-state index contributed by atoms with van der Waals surface area (Å²) in [6, 6.07) is 8.60. The molecule has 188 valence electrons. The molecule has 0 saturated carbocycles. The van der Waals surface area contributed by atoms with E-state index in [0.717, 1.165) is 44.7 Å². The molecule has 9 heteroatoms. The lowest BCUT2D eigenvalue weighted by atomic mass is 9.91. The number of hydrazine groups is 1. The predicted molar refractivity (Wildman–Crippen MR) is 133 cm³/mol. The lowest BCUT2D eigenvalue weighted by Gasteiger charge is -2.48. The van der Waals surface area contributed by atoms with E-state index in [1.165, 1.54) is 31.4 Å². The fourth-order valence-corrected chi connectivity index (χ4v) is 5.99. The van der Waals surface area contributed by atoms with Crippen LogP contribution in [0.1, 0.15) is 44.9 Å². The summed E-state index contributed by atoms with van der Waals surface area (Å²) in [5.74, 6) is 0.323. The number of fused-ring (bicyclic) bond motifs is 1. The van der Waals surface area contributed by atoms with Crippen LogP contribution < -0.4 is 31.7 Å². The van der Waals surface area contributed by atoms with E-state index in [0.29, 0.717) is 18.9 Å². The Morgan fingerprint density at radius 2 is 1.71 bits per heavy atom. The molecule has 5 rings (SSSR count). The zero-order chi connectivity index (χ0) is 23.3. The van der Waals surface area contributed by atoms with Gasteiger partial charge in [0, 0.05) is 50.1 Å². The van der Waals surface area contributed by atoms with Crippen molar-refractivity contribution in [2.24, 2.45) is 11.8 Å². The smallest absolute Gasteiger partial charge is 0.242 e. The number of halogens is 1. The SMILES string of the molecule is O=C1NNCC2NC(N3CCCCCC3)NC(Nc3ccc(N4CCC(CCF)CC4)cc3)C12. The molecule has 4 fully saturated rings. The fraction of sp³-hybridized carbons (Fsp3) is 0.720. The van der Waals surface area contributed by atoms with Crippen LogP contribution in [0.25, 0.3) is 0 Å². The highest BCUT2D eigenvalue weighted by atomic mass is 19.1. The maximum atomic E-state index is 12.8. The Morgan fingerprint density at radius 3 is 2.41 bits per heavy atom. The highest BCUT2D eigenvalue weighted by Crippen LogP contribution is 2.28. The first-order valence-corrected chi connectivity index (χ1v) is 13.2. The highest BCUT2D eigenvalue weighted by Gasteiger charge is 2.44. The monoisotopic (exact) mass is 473 g/mol. The van der Waals surface area contributed by atoms with Crippen LogP contribution in [-0.2, 0) is 4.79 Å².